The molecule has 1 heterocycles. The fourth-order valence-corrected chi connectivity index (χ4v) is 4.75. The van der Waals surface area contributed by atoms with Crippen LogP contribution in [0.3, 0.4) is 0 Å². The lowest BCUT2D eigenvalue weighted by molar-refractivity contribution is 0.360. The molecule has 2 aromatic rings. The summed E-state index contributed by atoms with van der Waals surface area (Å²) >= 11 is 0. The zero-order valence-electron chi connectivity index (χ0n) is 14.5. The largest absolute Gasteiger partial charge is 0.314 e. The van der Waals surface area contributed by atoms with Crippen molar-refractivity contribution in [2.75, 3.05) is 12.3 Å². The Morgan fingerprint density at radius 3 is 2.41 bits per heavy atom. The molecule has 2 N–H and O–H groups in total. The van der Waals surface area contributed by atoms with Gasteiger partial charge in [0.1, 0.15) is 0 Å². The van der Waals surface area contributed by atoms with Crippen LogP contribution in [0, 0.1) is 17.6 Å². The number of rotatable bonds is 6. The SMILES string of the molecule is Cl.O=S(=O)(O)C[C@H]([C@H](c1ccccc1)c1cccc(F)c1F)[C@H]1CCCN1. The van der Waals surface area contributed by atoms with Gasteiger partial charge in [-0.05, 0) is 36.6 Å². The molecule has 1 aliphatic rings. The molecule has 0 aromatic heterocycles. The number of benzene rings is 2. The lowest BCUT2D eigenvalue weighted by atomic mass is 9.77. The van der Waals surface area contributed by atoms with Gasteiger partial charge in [-0.15, -0.1) is 12.4 Å². The van der Waals surface area contributed by atoms with E-state index in [1.165, 1.54) is 12.1 Å². The fraction of sp³-hybridized carbons (Fsp3) is 0.368. The molecule has 0 unspecified atom stereocenters. The maximum absolute atomic E-state index is 14.6. The Kier molecular flexibility index (Phi) is 7.33. The number of halogens is 3. The van der Waals surface area contributed by atoms with Gasteiger partial charge in [0.25, 0.3) is 10.1 Å². The third-order valence-electron chi connectivity index (χ3n) is 4.92. The first-order chi connectivity index (χ1) is 12.4. The van der Waals surface area contributed by atoms with Crippen molar-refractivity contribution in [2.24, 2.45) is 5.92 Å². The second kappa shape index (κ2) is 9.10. The molecule has 27 heavy (non-hydrogen) atoms. The Hall–Kier alpha value is -1.54. The Balaban J connectivity index is 0.00000261. The van der Waals surface area contributed by atoms with Crippen LogP contribution < -0.4 is 5.32 Å². The summed E-state index contributed by atoms with van der Waals surface area (Å²) < 4.78 is 61.3. The Morgan fingerprint density at radius 1 is 1.11 bits per heavy atom. The predicted octanol–water partition coefficient (Wildman–Crippen LogP) is 3.77. The maximum atomic E-state index is 14.6. The lowest BCUT2D eigenvalue weighted by Gasteiger charge is -2.32. The van der Waals surface area contributed by atoms with E-state index < -0.39 is 39.3 Å². The summed E-state index contributed by atoms with van der Waals surface area (Å²) in [6.07, 6.45) is 1.57. The van der Waals surface area contributed by atoms with E-state index in [0.29, 0.717) is 12.0 Å². The van der Waals surface area contributed by atoms with Crippen LogP contribution in [0.2, 0.25) is 0 Å². The van der Waals surface area contributed by atoms with Crippen LogP contribution >= 0.6 is 12.4 Å². The van der Waals surface area contributed by atoms with Crippen LogP contribution in [0.25, 0.3) is 0 Å². The molecule has 0 bridgehead atoms. The minimum atomic E-state index is -4.30. The molecule has 1 aliphatic heterocycles. The van der Waals surface area contributed by atoms with Crippen LogP contribution in [-0.2, 0) is 10.1 Å². The van der Waals surface area contributed by atoms with E-state index >= 15 is 0 Å². The first-order valence-electron chi connectivity index (χ1n) is 8.54. The van der Waals surface area contributed by atoms with Gasteiger partial charge in [-0.2, -0.15) is 8.42 Å². The van der Waals surface area contributed by atoms with Crippen molar-refractivity contribution in [3.63, 3.8) is 0 Å². The number of hydrogen-bond donors (Lipinski definition) is 2. The maximum Gasteiger partial charge on any atom is 0.265 e. The van der Waals surface area contributed by atoms with Gasteiger partial charge in [0, 0.05) is 17.9 Å². The van der Waals surface area contributed by atoms with E-state index in [0.717, 1.165) is 19.0 Å². The Bertz CT molecular complexity index is 859. The first kappa shape index (κ1) is 21.8. The molecule has 0 spiro atoms. The van der Waals surface area contributed by atoms with E-state index in [9.17, 15) is 21.8 Å². The molecule has 0 aliphatic carbocycles. The third kappa shape index (κ3) is 5.25. The van der Waals surface area contributed by atoms with Crippen LogP contribution in [0.1, 0.15) is 29.9 Å². The molecule has 0 radical (unpaired) electrons. The summed E-state index contributed by atoms with van der Waals surface area (Å²) in [5.41, 5.74) is 0.776. The second-order valence-corrected chi connectivity index (χ2v) is 8.14. The average molecular weight is 418 g/mol. The fourth-order valence-electron chi connectivity index (χ4n) is 3.84. The highest BCUT2D eigenvalue weighted by Crippen LogP contribution is 2.38. The quantitative estimate of drug-likeness (QED) is 0.702. The van der Waals surface area contributed by atoms with Crippen molar-refractivity contribution < 1.29 is 21.8 Å². The van der Waals surface area contributed by atoms with Crippen molar-refractivity contribution in [2.45, 2.75) is 24.8 Å². The molecule has 3 atom stereocenters. The lowest BCUT2D eigenvalue weighted by Crippen LogP contribution is -2.39. The zero-order chi connectivity index (χ0) is 18.7. The van der Waals surface area contributed by atoms with Crippen molar-refractivity contribution in [1.82, 2.24) is 5.32 Å². The summed E-state index contributed by atoms with van der Waals surface area (Å²) in [5.74, 6) is -3.83. The summed E-state index contributed by atoms with van der Waals surface area (Å²) in [4.78, 5) is 0. The van der Waals surface area contributed by atoms with E-state index in [1.54, 1.807) is 30.3 Å². The predicted molar refractivity (Wildman–Crippen MR) is 103 cm³/mol. The van der Waals surface area contributed by atoms with Crippen molar-refractivity contribution in [3.05, 3.63) is 71.3 Å². The van der Waals surface area contributed by atoms with E-state index in [1.807, 2.05) is 0 Å². The van der Waals surface area contributed by atoms with Gasteiger partial charge in [-0.25, -0.2) is 8.78 Å². The molecule has 8 heteroatoms. The molecule has 1 saturated heterocycles. The summed E-state index contributed by atoms with van der Waals surface area (Å²) in [7, 11) is -4.30. The Morgan fingerprint density at radius 2 is 1.81 bits per heavy atom. The average Bonchev–Trinajstić information content (AvgIpc) is 3.12. The van der Waals surface area contributed by atoms with Gasteiger partial charge < -0.3 is 5.32 Å². The molecule has 0 amide bonds. The van der Waals surface area contributed by atoms with Crippen LogP contribution in [-0.4, -0.2) is 31.3 Å². The van der Waals surface area contributed by atoms with Gasteiger partial charge in [0.2, 0.25) is 0 Å². The monoisotopic (exact) mass is 417 g/mol. The molecular weight excluding hydrogens is 396 g/mol. The van der Waals surface area contributed by atoms with Crippen molar-refractivity contribution in [1.29, 1.82) is 0 Å². The standard InChI is InChI=1S/C19H21F2NO3S.ClH/c20-16-9-4-8-14(19(16)21)18(13-6-2-1-3-7-13)15(12-26(23,24)25)17-10-5-11-22-17;/h1-4,6-9,15,17-18,22H,5,10-12H2,(H,23,24,25);1H/t15-,17+,18+;/m0./s1. The molecule has 148 valence electrons. The molecule has 4 nitrogen and oxygen atoms in total. The molecule has 2 aromatic carbocycles. The molecule has 3 rings (SSSR count). The minimum absolute atomic E-state index is 0. The normalized spacial score (nSPS) is 19.3. The van der Waals surface area contributed by atoms with Crippen LogP contribution in [0.4, 0.5) is 8.78 Å². The van der Waals surface area contributed by atoms with Gasteiger partial charge in [0.05, 0.1) is 5.75 Å². The minimum Gasteiger partial charge on any atom is -0.314 e. The van der Waals surface area contributed by atoms with Crippen molar-refractivity contribution >= 4 is 22.5 Å². The van der Waals surface area contributed by atoms with Gasteiger partial charge in [-0.1, -0.05) is 42.5 Å². The van der Waals surface area contributed by atoms with Gasteiger partial charge in [0.15, 0.2) is 11.6 Å². The van der Waals surface area contributed by atoms with Gasteiger partial charge in [-0.3, -0.25) is 4.55 Å². The molecule has 1 fully saturated rings. The first-order valence-corrected chi connectivity index (χ1v) is 10.1. The van der Waals surface area contributed by atoms with E-state index in [2.05, 4.69) is 5.32 Å². The highest BCUT2D eigenvalue weighted by Gasteiger charge is 2.37. The molecule has 0 saturated carbocycles. The third-order valence-corrected chi connectivity index (χ3v) is 5.73. The summed E-state index contributed by atoms with van der Waals surface area (Å²) in [6.45, 7) is 0.722. The van der Waals surface area contributed by atoms with E-state index in [-0.39, 0.29) is 24.0 Å². The van der Waals surface area contributed by atoms with Crippen molar-refractivity contribution in [3.8, 4) is 0 Å². The smallest absolute Gasteiger partial charge is 0.265 e. The highest BCUT2D eigenvalue weighted by molar-refractivity contribution is 7.85. The topological polar surface area (TPSA) is 66.4 Å². The van der Waals surface area contributed by atoms with Crippen LogP contribution in [0.5, 0.6) is 0 Å². The van der Waals surface area contributed by atoms with Crippen LogP contribution in [0.15, 0.2) is 48.5 Å². The van der Waals surface area contributed by atoms with Gasteiger partial charge >= 0.3 is 0 Å². The summed E-state index contributed by atoms with van der Waals surface area (Å²) in [5, 5.41) is 3.24. The molecular formula is C19H22ClF2NO3S. The second-order valence-electron chi connectivity index (χ2n) is 6.65. The van der Waals surface area contributed by atoms with E-state index in [4.69, 9.17) is 0 Å². The highest BCUT2D eigenvalue weighted by atomic mass is 35.5. The number of hydrogen-bond acceptors (Lipinski definition) is 3. The summed E-state index contributed by atoms with van der Waals surface area (Å²) in [6, 6.07) is 12.6. The zero-order valence-corrected chi connectivity index (χ0v) is 16.1. The number of nitrogens with one attached hydrogen (secondary N) is 1. The Labute approximate surface area is 164 Å².